The Bertz CT molecular complexity index is 285. The number of nitrogens with one attached hydrogen (secondary N) is 1. The highest BCUT2D eigenvalue weighted by Crippen LogP contribution is 2.24. The zero-order valence-electron chi connectivity index (χ0n) is 9.19. The van der Waals surface area contributed by atoms with Gasteiger partial charge in [-0.25, -0.2) is 0 Å². The average molecular weight is 211 g/mol. The summed E-state index contributed by atoms with van der Waals surface area (Å²) in [5, 5.41) is 6.34. The molecule has 0 radical (unpaired) electrons. The van der Waals surface area contributed by atoms with Gasteiger partial charge in [-0.15, -0.1) is 0 Å². The Hall–Kier alpha value is -1.39. The van der Waals surface area contributed by atoms with E-state index in [-0.39, 0.29) is 11.8 Å². The van der Waals surface area contributed by atoms with Crippen molar-refractivity contribution in [3.05, 3.63) is 12.2 Å². The first-order valence-electron chi connectivity index (χ1n) is 5.39. The summed E-state index contributed by atoms with van der Waals surface area (Å²) in [7, 11) is 0. The number of nitrogens with zero attached hydrogens (tertiary/aromatic N) is 2. The number of hydrogen-bond acceptors (Lipinski definition) is 4. The van der Waals surface area contributed by atoms with Crippen LogP contribution in [0.1, 0.15) is 44.9 Å². The standard InChI is InChI=1S/C8H11N3O2.C2H6/c12-7-4-6(2-1-3-9-7)8-10-5-11-13-8;1-2/h5-6H,1-4H2,(H,9,12);1-2H3. The second-order valence-corrected chi connectivity index (χ2v) is 3.17. The van der Waals surface area contributed by atoms with Crippen LogP contribution in [0.2, 0.25) is 0 Å². The van der Waals surface area contributed by atoms with E-state index in [1.807, 2.05) is 13.8 Å². The van der Waals surface area contributed by atoms with E-state index >= 15 is 0 Å². The summed E-state index contributed by atoms with van der Waals surface area (Å²) in [6, 6.07) is 0. The van der Waals surface area contributed by atoms with Crippen LogP contribution in [0.25, 0.3) is 0 Å². The molecule has 1 atom stereocenters. The summed E-state index contributed by atoms with van der Waals surface area (Å²) < 4.78 is 4.94. The lowest BCUT2D eigenvalue weighted by atomic mass is 10.0. The molecule has 1 saturated heterocycles. The highest BCUT2D eigenvalue weighted by atomic mass is 16.5. The van der Waals surface area contributed by atoms with E-state index in [1.54, 1.807) is 0 Å². The number of amides is 1. The highest BCUT2D eigenvalue weighted by Gasteiger charge is 2.22. The van der Waals surface area contributed by atoms with E-state index in [0.29, 0.717) is 12.3 Å². The Morgan fingerprint density at radius 3 is 3.00 bits per heavy atom. The lowest BCUT2D eigenvalue weighted by molar-refractivity contribution is -0.121. The van der Waals surface area contributed by atoms with Gasteiger partial charge < -0.3 is 9.84 Å². The zero-order chi connectivity index (χ0) is 11.1. The first-order chi connectivity index (χ1) is 7.36. The largest absolute Gasteiger partial charge is 0.356 e. The van der Waals surface area contributed by atoms with Gasteiger partial charge in [-0.3, -0.25) is 4.79 Å². The third-order valence-electron chi connectivity index (χ3n) is 2.21. The van der Waals surface area contributed by atoms with Gasteiger partial charge >= 0.3 is 0 Å². The maximum absolute atomic E-state index is 11.2. The maximum Gasteiger partial charge on any atom is 0.229 e. The molecule has 0 aromatic carbocycles. The van der Waals surface area contributed by atoms with Crippen LogP contribution in [0.5, 0.6) is 0 Å². The molecule has 1 unspecified atom stereocenters. The second kappa shape index (κ2) is 6.16. The van der Waals surface area contributed by atoms with Crippen LogP contribution < -0.4 is 5.32 Å². The van der Waals surface area contributed by atoms with Crippen molar-refractivity contribution in [2.45, 2.75) is 39.0 Å². The molecular formula is C10H17N3O2. The van der Waals surface area contributed by atoms with Crippen LogP contribution in [-0.4, -0.2) is 22.6 Å². The molecule has 2 rings (SSSR count). The Morgan fingerprint density at radius 1 is 1.53 bits per heavy atom. The van der Waals surface area contributed by atoms with Gasteiger partial charge in [-0.05, 0) is 12.8 Å². The molecule has 1 fully saturated rings. The zero-order valence-corrected chi connectivity index (χ0v) is 9.19. The average Bonchev–Trinajstić information content (AvgIpc) is 2.71. The summed E-state index contributed by atoms with van der Waals surface area (Å²) in [6.45, 7) is 4.75. The third-order valence-corrected chi connectivity index (χ3v) is 2.21. The Morgan fingerprint density at radius 2 is 2.33 bits per heavy atom. The maximum atomic E-state index is 11.2. The van der Waals surface area contributed by atoms with Crippen LogP contribution in [0.3, 0.4) is 0 Å². The molecule has 1 aromatic heterocycles. The van der Waals surface area contributed by atoms with E-state index in [9.17, 15) is 4.79 Å². The summed E-state index contributed by atoms with van der Waals surface area (Å²) in [5.74, 6) is 0.753. The molecule has 1 amide bonds. The molecule has 0 spiro atoms. The smallest absolute Gasteiger partial charge is 0.229 e. The van der Waals surface area contributed by atoms with E-state index in [2.05, 4.69) is 15.5 Å². The molecule has 0 aliphatic carbocycles. The molecule has 2 heterocycles. The minimum absolute atomic E-state index is 0.0701. The summed E-state index contributed by atoms with van der Waals surface area (Å²) >= 11 is 0. The van der Waals surface area contributed by atoms with E-state index < -0.39 is 0 Å². The van der Waals surface area contributed by atoms with Gasteiger partial charge in [0, 0.05) is 18.9 Å². The van der Waals surface area contributed by atoms with Gasteiger partial charge in [0.1, 0.15) is 0 Å². The SMILES string of the molecule is CC.O=C1CC(c2ncno2)CCCN1. The molecule has 84 valence electrons. The molecule has 1 aliphatic rings. The van der Waals surface area contributed by atoms with Gasteiger partial charge in [-0.1, -0.05) is 19.0 Å². The number of carbonyl (C=O) groups is 1. The first-order valence-corrected chi connectivity index (χ1v) is 5.39. The molecular weight excluding hydrogens is 194 g/mol. The molecule has 15 heavy (non-hydrogen) atoms. The topological polar surface area (TPSA) is 68.0 Å². The summed E-state index contributed by atoms with van der Waals surface area (Å²) in [6.07, 6.45) is 3.74. The second-order valence-electron chi connectivity index (χ2n) is 3.17. The lowest BCUT2D eigenvalue weighted by Gasteiger charge is -2.05. The fourth-order valence-corrected chi connectivity index (χ4v) is 1.55. The number of hydrogen-bond donors (Lipinski definition) is 1. The van der Waals surface area contributed by atoms with E-state index in [1.165, 1.54) is 6.33 Å². The Balaban J connectivity index is 0.000000531. The Kier molecular flexibility index (Phi) is 4.80. The molecule has 0 bridgehead atoms. The molecule has 1 aliphatic heterocycles. The predicted molar refractivity (Wildman–Crippen MR) is 55.2 cm³/mol. The van der Waals surface area contributed by atoms with Crippen molar-refractivity contribution in [2.24, 2.45) is 0 Å². The third kappa shape index (κ3) is 3.34. The normalized spacial score (nSPS) is 20.9. The lowest BCUT2D eigenvalue weighted by Crippen LogP contribution is -2.22. The van der Waals surface area contributed by atoms with Crippen molar-refractivity contribution in [3.63, 3.8) is 0 Å². The van der Waals surface area contributed by atoms with E-state index in [0.717, 1.165) is 19.4 Å². The highest BCUT2D eigenvalue weighted by molar-refractivity contribution is 5.76. The van der Waals surface area contributed by atoms with Crippen molar-refractivity contribution in [2.75, 3.05) is 6.54 Å². The quantitative estimate of drug-likeness (QED) is 0.764. The molecule has 1 aromatic rings. The van der Waals surface area contributed by atoms with Gasteiger partial charge in [0.2, 0.25) is 11.8 Å². The van der Waals surface area contributed by atoms with Crippen molar-refractivity contribution < 1.29 is 9.32 Å². The number of aromatic nitrogens is 2. The number of carbonyl (C=O) groups excluding carboxylic acids is 1. The predicted octanol–water partition coefficient (Wildman–Crippen LogP) is 1.48. The van der Waals surface area contributed by atoms with Crippen LogP contribution in [0.4, 0.5) is 0 Å². The monoisotopic (exact) mass is 211 g/mol. The number of rotatable bonds is 1. The van der Waals surface area contributed by atoms with Crippen LogP contribution in [0.15, 0.2) is 10.9 Å². The fraction of sp³-hybridized carbons (Fsp3) is 0.700. The van der Waals surface area contributed by atoms with Crippen molar-refractivity contribution in [1.82, 2.24) is 15.5 Å². The van der Waals surface area contributed by atoms with Crippen molar-refractivity contribution in [3.8, 4) is 0 Å². The fourth-order valence-electron chi connectivity index (χ4n) is 1.55. The Labute approximate surface area is 89.2 Å². The minimum atomic E-state index is 0.0701. The van der Waals surface area contributed by atoms with Crippen molar-refractivity contribution >= 4 is 5.91 Å². The van der Waals surface area contributed by atoms with Gasteiger partial charge in [0.25, 0.3) is 0 Å². The van der Waals surface area contributed by atoms with Gasteiger partial charge in [0.15, 0.2) is 6.33 Å². The summed E-state index contributed by atoms with van der Waals surface area (Å²) in [5.41, 5.74) is 0. The molecule has 5 nitrogen and oxygen atoms in total. The van der Waals surface area contributed by atoms with Gasteiger partial charge in [0.05, 0.1) is 0 Å². The minimum Gasteiger partial charge on any atom is -0.356 e. The van der Waals surface area contributed by atoms with Crippen LogP contribution in [0, 0.1) is 0 Å². The van der Waals surface area contributed by atoms with Crippen molar-refractivity contribution in [1.29, 1.82) is 0 Å². The molecule has 1 N–H and O–H groups in total. The summed E-state index contributed by atoms with van der Waals surface area (Å²) in [4.78, 5) is 15.1. The van der Waals surface area contributed by atoms with E-state index in [4.69, 9.17) is 4.52 Å². The van der Waals surface area contributed by atoms with Gasteiger partial charge in [-0.2, -0.15) is 4.98 Å². The van der Waals surface area contributed by atoms with Crippen LogP contribution in [-0.2, 0) is 4.79 Å². The molecule has 5 heteroatoms. The first kappa shape index (κ1) is 11.7. The van der Waals surface area contributed by atoms with Crippen LogP contribution >= 0.6 is 0 Å². The molecule has 0 saturated carbocycles.